The molecule has 3 heterocycles. The number of ether oxygens (including phenoxy) is 2. The number of rotatable bonds is 5. The monoisotopic (exact) mass is 484 g/mol. The first-order valence-corrected chi connectivity index (χ1v) is 10.3. The number of guanidine groups is 1. The van der Waals surface area contributed by atoms with Crippen LogP contribution in [0.5, 0.6) is 0 Å². The molecule has 2 N–H and O–H groups in total. The topological polar surface area (TPSA) is 58.1 Å². The van der Waals surface area contributed by atoms with Crippen molar-refractivity contribution in [2.75, 3.05) is 64.6 Å². The van der Waals surface area contributed by atoms with Gasteiger partial charge >= 0.3 is 0 Å². The molecule has 0 bridgehead atoms. The summed E-state index contributed by atoms with van der Waals surface area (Å²) in [7, 11) is 1.85. The van der Waals surface area contributed by atoms with Crippen LogP contribution < -0.4 is 10.6 Å². The Bertz CT molecular complexity index is 434. The van der Waals surface area contributed by atoms with Gasteiger partial charge in [-0.05, 0) is 31.9 Å². The van der Waals surface area contributed by atoms with Crippen molar-refractivity contribution in [2.24, 2.45) is 4.99 Å². The molecule has 3 rings (SSSR count). The first-order chi connectivity index (χ1) is 11.7. The normalized spacial score (nSPS) is 33.9. The van der Waals surface area contributed by atoms with Gasteiger partial charge in [0.25, 0.3) is 0 Å². The predicted octanol–water partition coefficient (Wildman–Crippen LogP) is 1.55. The predicted molar refractivity (Wildman–Crippen MR) is 115 cm³/mol. The maximum absolute atomic E-state index is 5.86. The first kappa shape index (κ1) is 21.5. The lowest BCUT2D eigenvalue weighted by Crippen LogP contribution is -2.60. The van der Waals surface area contributed by atoms with Crippen molar-refractivity contribution in [1.29, 1.82) is 0 Å². The third-order valence-electron chi connectivity index (χ3n) is 5.50. The molecule has 3 aliphatic rings. The third-order valence-corrected chi connectivity index (χ3v) is 6.74. The number of thioether (sulfide) groups is 1. The van der Waals surface area contributed by atoms with E-state index in [-0.39, 0.29) is 35.1 Å². The van der Waals surface area contributed by atoms with Crippen molar-refractivity contribution in [3.05, 3.63) is 0 Å². The lowest BCUT2D eigenvalue weighted by molar-refractivity contribution is -0.0121. The Labute approximate surface area is 173 Å². The van der Waals surface area contributed by atoms with Gasteiger partial charge in [-0.3, -0.25) is 9.89 Å². The van der Waals surface area contributed by atoms with Crippen LogP contribution in [0.2, 0.25) is 0 Å². The van der Waals surface area contributed by atoms with Gasteiger partial charge in [0.15, 0.2) is 5.96 Å². The van der Waals surface area contributed by atoms with Gasteiger partial charge < -0.3 is 20.1 Å². The molecule has 8 heteroatoms. The average Bonchev–Trinajstić information content (AvgIpc) is 3.26. The minimum atomic E-state index is -0.0529. The highest BCUT2D eigenvalue weighted by atomic mass is 127. The van der Waals surface area contributed by atoms with Crippen LogP contribution in [-0.2, 0) is 9.47 Å². The zero-order valence-electron chi connectivity index (χ0n) is 15.5. The molecule has 6 nitrogen and oxygen atoms in total. The molecule has 0 aliphatic carbocycles. The van der Waals surface area contributed by atoms with Gasteiger partial charge in [0, 0.05) is 51.1 Å². The van der Waals surface area contributed by atoms with E-state index in [1.165, 1.54) is 17.9 Å². The minimum Gasteiger partial charge on any atom is -0.379 e. The molecular weight excluding hydrogens is 451 g/mol. The maximum atomic E-state index is 5.86. The molecule has 3 saturated heterocycles. The zero-order chi connectivity index (χ0) is 16.9. The summed E-state index contributed by atoms with van der Waals surface area (Å²) in [5, 5.41) is 7.04. The van der Waals surface area contributed by atoms with Crippen LogP contribution in [0.4, 0.5) is 0 Å². The highest BCUT2D eigenvalue weighted by molar-refractivity contribution is 14.0. The summed E-state index contributed by atoms with van der Waals surface area (Å²) in [5.41, 5.74) is 0.183. The lowest BCUT2D eigenvalue weighted by Gasteiger charge is -2.43. The smallest absolute Gasteiger partial charge is 0.191 e. The number of halogens is 1. The molecule has 0 aromatic heterocycles. The van der Waals surface area contributed by atoms with E-state index >= 15 is 0 Å². The highest BCUT2D eigenvalue weighted by Crippen LogP contribution is 2.33. The molecule has 0 spiro atoms. The number of hydrogen-bond donors (Lipinski definition) is 2. The Morgan fingerprint density at radius 2 is 1.92 bits per heavy atom. The standard InChI is InChI=1S/C17H32N4O2S.HI/c1-16(4-3-8-23-16)12-19-15(18-2)20-13-17(5-11-24-14-17)21-6-9-22-10-7-21;/h3-14H2,1-2H3,(H2,18,19,20);1H. The number of nitrogens with zero attached hydrogens (tertiary/aromatic N) is 2. The number of aliphatic imine (C=N–C) groups is 1. The van der Waals surface area contributed by atoms with Crippen molar-refractivity contribution in [3.8, 4) is 0 Å². The Hall–Kier alpha value is 0.230. The summed E-state index contributed by atoms with van der Waals surface area (Å²) in [5.74, 6) is 3.32. The Kier molecular flexibility index (Phi) is 8.58. The summed E-state index contributed by atoms with van der Waals surface area (Å²) in [6, 6.07) is 0. The van der Waals surface area contributed by atoms with E-state index in [2.05, 4.69) is 39.2 Å². The summed E-state index contributed by atoms with van der Waals surface area (Å²) < 4.78 is 11.4. The number of hydrogen-bond acceptors (Lipinski definition) is 5. The quantitative estimate of drug-likeness (QED) is 0.351. The second-order valence-corrected chi connectivity index (χ2v) is 8.41. The molecule has 0 saturated carbocycles. The van der Waals surface area contributed by atoms with Crippen LogP contribution in [0.15, 0.2) is 4.99 Å². The van der Waals surface area contributed by atoms with Gasteiger partial charge in [0.1, 0.15) is 0 Å². The fourth-order valence-electron chi connectivity index (χ4n) is 3.85. The second kappa shape index (κ2) is 9.96. The van der Waals surface area contributed by atoms with Crippen molar-refractivity contribution >= 4 is 41.7 Å². The van der Waals surface area contributed by atoms with Crippen LogP contribution >= 0.6 is 35.7 Å². The van der Waals surface area contributed by atoms with E-state index in [0.717, 1.165) is 64.8 Å². The van der Waals surface area contributed by atoms with E-state index < -0.39 is 0 Å². The average molecular weight is 484 g/mol. The Morgan fingerprint density at radius 1 is 1.16 bits per heavy atom. The van der Waals surface area contributed by atoms with Gasteiger partial charge in [-0.2, -0.15) is 11.8 Å². The van der Waals surface area contributed by atoms with Gasteiger partial charge in [-0.15, -0.1) is 24.0 Å². The summed E-state index contributed by atoms with van der Waals surface area (Å²) in [4.78, 5) is 7.03. The van der Waals surface area contributed by atoms with Gasteiger partial charge in [-0.1, -0.05) is 0 Å². The van der Waals surface area contributed by atoms with E-state index in [1.54, 1.807) is 0 Å². The molecule has 3 fully saturated rings. The van der Waals surface area contributed by atoms with Crippen LogP contribution in [0, 0.1) is 0 Å². The van der Waals surface area contributed by atoms with E-state index in [9.17, 15) is 0 Å². The molecule has 0 aromatic rings. The van der Waals surface area contributed by atoms with Gasteiger partial charge in [-0.25, -0.2) is 0 Å². The maximum Gasteiger partial charge on any atom is 0.191 e. The molecule has 25 heavy (non-hydrogen) atoms. The summed E-state index contributed by atoms with van der Waals surface area (Å²) in [6.07, 6.45) is 3.51. The highest BCUT2D eigenvalue weighted by Gasteiger charge is 2.40. The van der Waals surface area contributed by atoms with Gasteiger partial charge in [0.05, 0.1) is 18.8 Å². The van der Waals surface area contributed by atoms with Crippen LogP contribution in [0.25, 0.3) is 0 Å². The van der Waals surface area contributed by atoms with E-state index in [4.69, 9.17) is 9.47 Å². The van der Waals surface area contributed by atoms with Crippen LogP contribution in [0.3, 0.4) is 0 Å². The van der Waals surface area contributed by atoms with Crippen LogP contribution in [0.1, 0.15) is 26.2 Å². The third kappa shape index (κ3) is 5.60. The molecular formula is C17H33IN4O2S. The molecule has 3 aliphatic heterocycles. The van der Waals surface area contributed by atoms with Crippen molar-refractivity contribution in [1.82, 2.24) is 15.5 Å². The fourth-order valence-corrected chi connectivity index (χ4v) is 5.33. The van der Waals surface area contributed by atoms with Crippen molar-refractivity contribution in [2.45, 2.75) is 37.3 Å². The largest absolute Gasteiger partial charge is 0.379 e. The Balaban J connectivity index is 0.00000225. The number of nitrogens with one attached hydrogen (secondary N) is 2. The molecule has 0 aromatic carbocycles. The summed E-state index contributed by atoms with van der Waals surface area (Å²) in [6.45, 7) is 8.61. The Morgan fingerprint density at radius 3 is 2.52 bits per heavy atom. The van der Waals surface area contributed by atoms with Crippen molar-refractivity contribution in [3.63, 3.8) is 0 Å². The first-order valence-electron chi connectivity index (χ1n) is 9.15. The molecule has 146 valence electrons. The van der Waals surface area contributed by atoms with E-state index in [1.807, 2.05) is 7.05 Å². The molecule has 0 amide bonds. The SMILES string of the molecule is CN=C(NCC1(C)CCCO1)NCC1(N2CCOCC2)CCSC1.I. The molecule has 2 unspecified atom stereocenters. The lowest BCUT2D eigenvalue weighted by atomic mass is 9.95. The van der Waals surface area contributed by atoms with Gasteiger partial charge in [0.2, 0.25) is 0 Å². The minimum absolute atomic E-state index is 0. The van der Waals surface area contributed by atoms with E-state index in [0.29, 0.717) is 0 Å². The zero-order valence-corrected chi connectivity index (χ0v) is 18.7. The molecule has 2 atom stereocenters. The fraction of sp³-hybridized carbons (Fsp3) is 0.941. The summed E-state index contributed by atoms with van der Waals surface area (Å²) >= 11 is 2.06. The number of morpholine rings is 1. The second-order valence-electron chi connectivity index (χ2n) is 7.31. The molecule has 0 radical (unpaired) electrons. The van der Waals surface area contributed by atoms with Crippen molar-refractivity contribution < 1.29 is 9.47 Å². The van der Waals surface area contributed by atoms with Crippen LogP contribution in [-0.4, -0.2) is 86.6 Å².